The van der Waals surface area contributed by atoms with Crippen molar-refractivity contribution in [2.45, 2.75) is 31.4 Å². The lowest BCUT2D eigenvalue weighted by atomic mass is 10.4. The monoisotopic (exact) mass is 184 g/mol. The van der Waals surface area contributed by atoms with Gasteiger partial charge in [0.05, 0.1) is 0 Å². The van der Waals surface area contributed by atoms with Crippen molar-refractivity contribution in [3.05, 3.63) is 0 Å². The first-order chi connectivity index (χ1) is 4.54. The Hall–Kier alpha value is 0.240. The summed E-state index contributed by atoms with van der Waals surface area (Å²) in [6.07, 6.45) is 1.37. The Balaban J connectivity index is 4.06. The van der Waals surface area contributed by atoms with Gasteiger partial charge in [-0.1, -0.05) is 20.3 Å². The first-order valence-corrected chi connectivity index (χ1v) is 5.55. The Labute approximate surface area is 67.5 Å². The molecular formula is C6H13ClO2S. The van der Waals surface area contributed by atoms with Gasteiger partial charge in [-0.05, 0) is 6.42 Å². The van der Waals surface area contributed by atoms with E-state index in [2.05, 4.69) is 0 Å². The van der Waals surface area contributed by atoms with Crippen LogP contribution in [0.1, 0.15) is 26.7 Å². The predicted octanol–water partition coefficient (Wildman–Crippen LogP) is 1.79. The third-order valence-electron chi connectivity index (χ3n) is 1.31. The SMILES string of the molecule is CCCC(Cl)S(=O)(=O)CC. The van der Waals surface area contributed by atoms with E-state index in [0.717, 1.165) is 6.42 Å². The molecule has 0 saturated carbocycles. The highest BCUT2D eigenvalue weighted by molar-refractivity contribution is 7.93. The van der Waals surface area contributed by atoms with E-state index in [9.17, 15) is 8.42 Å². The van der Waals surface area contributed by atoms with E-state index in [4.69, 9.17) is 11.6 Å². The number of sulfone groups is 1. The second-order valence-electron chi connectivity index (χ2n) is 2.15. The van der Waals surface area contributed by atoms with Crippen LogP contribution in [0.25, 0.3) is 0 Å². The molecule has 0 aromatic carbocycles. The van der Waals surface area contributed by atoms with E-state index in [1.807, 2.05) is 6.92 Å². The van der Waals surface area contributed by atoms with Crippen LogP contribution in [-0.4, -0.2) is 18.9 Å². The molecule has 0 aliphatic carbocycles. The molecule has 0 N–H and O–H groups in total. The molecular weight excluding hydrogens is 172 g/mol. The normalized spacial score (nSPS) is 15.1. The minimum Gasteiger partial charge on any atom is -0.227 e. The van der Waals surface area contributed by atoms with Crippen LogP contribution in [0.5, 0.6) is 0 Å². The van der Waals surface area contributed by atoms with E-state index in [1.54, 1.807) is 6.92 Å². The van der Waals surface area contributed by atoms with E-state index in [-0.39, 0.29) is 5.75 Å². The molecule has 0 aromatic heterocycles. The van der Waals surface area contributed by atoms with Gasteiger partial charge in [0.15, 0.2) is 9.84 Å². The molecule has 0 bridgehead atoms. The summed E-state index contributed by atoms with van der Waals surface area (Å²) in [6.45, 7) is 3.53. The number of alkyl halides is 1. The lowest BCUT2D eigenvalue weighted by Gasteiger charge is -2.06. The molecule has 4 heteroatoms. The highest BCUT2D eigenvalue weighted by atomic mass is 35.5. The largest absolute Gasteiger partial charge is 0.227 e. The van der Waals surface area contributed by atoms with E-state index in [1.165, 1.54) is 0 Å². The quantitative estimate of drug-likeness (QED) is 0.625. The molecule has 62 valence electrons. The van der Waals surface area contributed by atoms with Crippen molar-refractivity contribution in [3.63, 3.8) is 0 Å². The number of hydrogen-bond donors (Lipinski definition) is 0. The number of rotatable bonds is 4. The van der Waals surface area contributed by atoms with Gasteiger partial charge in [0, 0.05) is 5.75 Å². The summed E-state index contributed by atoms with van der Waals surface area (Å²) in [5.41, 5.74) is 0. The molecule has 0 amide bonds. The smallest absolute Gasteiger partial charge is 0.166 e. The minimum absolute atomic E-state index is 0.140. The third kappa shape index (κ3) is 2.88. The van der Waals surface area contributed by atoms with E-state index >= 15 is 0 Å². The molecule has 2 nitrogen and oxygen atoms in total. The van der Waals surface area contributed by atoms with Crippen LogP contribution < -0.4 is 0 Å². The zero-order valence-electron chi connectivity index (χ0n) is 6.30. The highest BCUT2D eigenvalue weighted by Crippen LogP contribution is 2.13. The van der Waals surface area contributed by atoms with Crippen molar-refractivity contribution in [2.75, 3.05) is 5.75 Å². The van der Waals surface area contributed by atoms with Gasteiger partial charge < -0.3 is 0 Å². The van der Waals surface area contributed by atoms with Crippen LogP contribution in [0.15, 0.2) is 0 Å². The van der Waals surface area contributed by atoms with Crippen molar-refractivity contribution < 1.29 is 8.42 Å². The Morgan fingerprint density at radius 3 is 2.20 bits per heavy atom. The van der Waals surface area contributed by atoms with Crippen LogP contribution in [-0.2, 0) is 9.84 Å². The fourth-order valence-electron chi connectivity index (χ4n) is 0.587. The maximum absolute atomic E-state index is 11.0. The van der Waals surface area contributed by atoms with Crippen LogP contribution in [0, 0.1) is 0 Å². The van der Waals surface area contributed by atoms with Gasteiger partial charge in [0.25, 0.3) is 0 Å². The lowest BCUT2D eigenvalue weighted by molar-refractivity contribution is 0.589. The third-order valence-corrected chi connectivity index (χ3v) is 4.16. The van der Waals surface area contributed by atoms with Gasteiger partial charge in [-0.3, -0.25) is 0 Å². The molecule has 0 rings (SSSR count). The van der Waals surface area contributed by atoms with Gasteiger partial charge in [-0.15, -0.1) is 11.6 Å². The molecule has 0 fully saturated rings. The Kier molecular flexibility index (Phi) is 4.29. The van der Waals surface area contributed by atoms with Gasteiger partial charge in [-0.25, -0.2) is 8.42 Å². The van der Waals surface area contributed by atoms with E-state index < -0.39 is 14.5 Å². The average molecular weight is 185 g/mol. The first kappa shape index (κ1) is 10.2. The van der Waals surface area contributed by atoms with Crippen molar-refractivity contribution >= 4 is 21.4 Å². The Bertz CT molecular complexity index is 174. The molecule has 0 radical (unpaired) electrons. The minimum atomic E-state index is -2.99. The zero-order chi connectivity index (χ0) is 8.20. The maximum atomic E-state index is 11.0. The summed E-state index contributed by atoms with van der Waals surface area (Å²) in [4.78, 5) is 0. The van der Waals surface area contributed by atoms with Crippen molar-refractivity contribution in [2.24, 2.45) is 0 Å². The Morgan fingerprint density at radius 1 is 1.40 bits per heavy atom. The number of halogens is 1. The molecule has 0 aliphatic heterocycles. The van der Waals surface area contributed by atoms with Gasteiger partial charge in [0.2, 0.25) is 0 Å². The molecule has 0 aromatic rings. The van der Waals surface area contributed by atoms with Gasteiger partial charge >= 0.3 is 0 Å². The molecule has 0 heterocycles. The molecule has 1 atom stereocenters. The standard InChI is InChI=1S/C6H13ClO2S/c1-3-5-6(7)10(8,9)4-2/h6H,3-5H2,1-2H3. The van der Waals surface area contributed by atoms with Crippen LogP contribution in [0.2, 0.25) is 0 Å². The fraction of sp³-hybridized carbons (Fsp3) is 1.00. The summed E-state index contributed by atoms with van der Waals surface area (Å²) >= 11 is 5.58. The zero-order valence-corrected chi connectivity index (χ0v) is 7.87. The molecule has 1 unspecified atom stereocenters. The van der Waals surface area contributed by atoms with Gasteiger partial charge in [0.1, 0.15) is 4.71 Å². The lowest BCUT2D eigenvalue weighted by Crippen LogP contribution is -2.16. The highest BCUT2D eigenvalue weighted by Gasteiger charge is 2.18. The van der Waals surface area contributed by atoms with E-state index in [0.29, 0.717) is 6.42 Å². The second kappa shape index (κ2) is 4.19. The van der Waals surface area contributed by atoms with Crippen LogP contribution >= 0.6 is 11.6 Å². The second-order valence-corrected chi connectivity index (χ2v) is 5.41. The molecule has 0 spiro atoms. The van der Waals surface area contributed by atoms with Crippen molar-refractivity contribution in [3.8, 4) is 0 Å². The first-order valence-electron chi connectivity index (χ1n) is 3.40. The molecule has 0 saturated heterocycles. The predicted molar refractivity (Wildman–Crippen MR) is 44.0 cm³/mol. The summed E-state index contributed by atoms with van der Waals surface area (Å²) in [5, 5.41) is 0. The van der Waals surface area contributed by atoms with Crippen molar-refractivity contribution in [1.82, 2.24) is 0 Å². The van der Waals surface area contributed by atoms with Crippen LogP contribution in [0.4, 0.5) is 0 Å². The summed E-state index contributed by atoms with van der Waals surface area (Å²) in [7, 11) is -2.99. The summed E-state index contributed by atoms with van der Waals surface area (Å²) < 4.78 is 21.2. The van der Waals surface area contributed by atoms with Crippen LogP contribution in [0.3, 0.4) is 0 Å². The van der Waals surface area contributed by atoms with Crippen molar-refractivity contribution in [1.29, 1.82) is 0 Å². The summed E-state index contributed by atoms with van der Waals surface area (Å²) in [5.74, 6) is 0.140. The molecule has 10 heavy (non-hydrogen) atoms. The maximum Gasteiger partial charge on any atom is 0.166 e. The summed E-state index contributed by atoms with van der Waals surface area (Å²) in [6, 6.07) is 0. The number of hydrogen-bond acceptors (Lipinski definition) is 2. The Morgan fingerprint density at radius 2 is 1.90 bits per heavy atom. The average Bonchev–Trinajstić information content (AvgIpc) is 1.89. The topological polar surface area (TPSA) is 34.1 Å². The fourth-order valence-corrected chi connectivity index (χ4v) is 2.14. The van der Waals surface area contributed by atoms with Gasteiger partial charge in [-0.2, -0.15) is 0 Å². The molecule has 0 aliphatic rings.